The first-order valence-electron chi connectivity index (χ1n) is 11.3. The highest BCUT2D eigenvalue weighted by Crippen LogP contribution is 2.44. The fourth-order valence-corrected chi connectivity index (χ4v) is 4.99. The summed E-state index contributed by atoms with van der Waals surface area (Å²) < 4.78 is 5.55. The van der Waals surface area contributed by atoms with Crippen molar-refractivity contribution in [3.8, 4) is 11.1 Å². The van der Waals surface area contributed by atoms with Crippen molar-refractivity contribution in [2.45, 2.75) is 24.8 Å². The quantitative estimate of drug-likeness (QED) is 0.590. The number of alkyl carbamates (subject to hydrolysis) is 1. The summed E-state index contributed by atoms with van der Waals surface area (Å²) in [6.45, 7) is 1.10. The van der Waals surface area contributed by atoms with Crippen LogP contribution in [0, 0.1) is 0 Å². The number of amides is 1. The molecule has 0 saturated carbocycles. The fourth-order valence-electron chi connectivity index (χ4n) is 4.99. The van der Waals surface area contributed by atoms with Gasteiger partial charge in [-0.3, -0.25) is 0 Å². The molecule has 2 aliphatic rings. The van der Waals surface area contributed by atoms with Gasteiger partial charge in [-0.1, -0.05) is 66.7 Å². The number of aryl methyl sites for hydroxylation is 1. The van der Waals surface area contributed by atoms with Gasteiger partial charge in [0, 0.05) is 24.7 Å². The monoisotopic (exact) mass is 442 g/mol. The molecule has 168 valence electrons. The molecule has 0 fully saturated rings. The average molecular weight is 443 g/mol. The van der Waals surface area contributed by atoms with Crippen LogP contribution in [-0.2, 0) is 16.0 Å². The van der Waals surface area contributed by atoms with Gasteiger partial charge in [-0.2, -0.15) is 0 Å². The van der Waals surface area contributed by atoms with Gasteiger partial charge < -0.3 is 20.1 Å². The molecule has 0 spiro atoms. The number of hydrogen-bond acceptors (Lipinski definition) is 4. The van der Waals surface area contributed by atoms with Crippen molar-refractivity contribution in [2.24, 2.45) is 0 Å². The lowest BCUT2D eigenvalue weighted by molar-refractivity contribution is -0.139. The number of para-hydroxylation sites is 1. The number of hydrogen-bond donors (Lipinski definition) is 2. The number of fused-ring (bicyclic) bond motifs is 4. The predicted molar refractivity (Wildman–Crippen MR) is 127 cm³/mol. The molecule has 2 N–H and O–H groups in total. The van der Waals surface area contributed by atoms with Crippen molar-refractivity contribution in [1.82, 2.24) is 5.32 Å². The van der Waals surface area contributed by atoms with Crippen molar-refractivity contribution in [3.63, 3.8) is 0 Å². The average Bonchev–Trinajstić information content (AvgIpc) is 3.16. The molecule has 6 nitrogen and oxygen atoms in total. The Kier molecular flexibility index (Phi) is 5.73. The summed E-state index contributed by atoms with van der Waals surface area (Å²) in [5.74, 6) is -1.15. The first-order valence-corrected chi connectivity index (χ1v) is 11.3. The SMILES string of the molecule is O=C(NC(CN1CCCc2ccccc21)C(=O)O)OCC1c2ccccc2-c2ccccc21. The maximum atomic E-state index is 12.6. The molecule has 0 aromatic heterocycles. The van der Waals surface area contributed by atoms with E-state index >= 15 is 0 Å². The van der Waals surface area contributed by atoms with E-state index in [1.54, 1.807) is 0 Å². The van der Waals surface area contributed by atoms with E-state index in [9.17, 15) is 14.7 Å². The van der Waals surface area contributed by atoms with Crippen molar-refractivity contribution >= 4 is 17.7 Å². The van der Waals surface area contributed by atoms with Crippen molar-refractivity contribution in [2.75, 3.05) is 24.6 Å². The van der Waals surface area contributed by atoms with E-state index in [0.717, 1.165) is 47.3 Å². The molecule has 1 aliphatic carbocycles. The molecular weight excluding hydrogens is 416 g/mol. The number of rotatable bonds is 6. The molecule has 0 bridgehead atoms. The Labute approximate surface area is 192 Å². The normalized spacial score (nSPS) is 15.2. The number of nitrogens with zero attached hydrogens (tertiary/aromatic N) is 1. The van der Waals surface area contributed by atoms with E-state index in [4.69, 9.17) is 4.74 Å². The molecule has 33 heavy (non-hydrogen) atoms. The maximum Gasteiger partial charge on any atom is 0.407 e. The largest absolute Gasteiger partial charge is 0.480 e. The molecule has 1 atom stereocenters. The summed E-state index contributed by atoms with van der Waals surface area (Å²) in [5.41, 5.74) is 6.76. The fraction of sp³-hybridized carbons (Fsp3) is 0.259. The van der Waals surface area contributed by atoms with Crippen LogP contribution in [0.25, 0.3) is 11.1 Å². The van der Waals surface area contributed by atoms with Crippen LogP contribution >= 0.6 is 0 Å². The lowest BCUT2D eigenvalue weighted by Crippen LogP contribution is -2.50. The number of carbonyl (C=O) groups is 2. The first-order chi connectivity index (χ1) is 16.1. The highest BCUT2D eigenvalue weighted by molar-refractivity contribution is 5.81. The van der Waals surface area contributed by atoms with Gasteiger partial charge in [-0.15, -0.1) is 0 Å². The number of anilines is 1. The molecule has 1 amide bonds. The van der Waals surface area contributed by atoms with Crippen LogP contribution in [0.1, 0.15) is 29.0 Å². The Morgan fingerprint density at radius 2 is 1.61 bits per heavy atom. The molecule has 0 radical (unpaired) electrons. The first kappa shape index (κ1) is 21.1. The van der Waals surface area contributed by atoms with E-state index in [0.29, 0.717) is 0 Å². The van der Waals surface area contributed by atoms with Crippen LogP contribution in [0.4, 0.5) is 10.5 Å². The smallest absolute Gasteiger partial charge is 0.407 e. The number of benzene rings is 3. The van der Waals surface area contributed by atoms with Gasteiger partial charge in [-0.05, 0) is 46.7 Å². The standard InChI is InChI=1S/C27H26N2O4/c30-26(31)24(16-29-15-7-9-18-8-1-6-14-25(18)29)28-27(32)33-17-23-21-12-4-2-10-19(21)20-11-3-5-13-22(20)23/h1-6,8,10-14,23-24H,7,9,15-17H2,(H,28,32)(H,30,31). The minimum Gasteiger partial charge on any atom is -0.480 e. The van der Waals surface area contributed by atoms with Crippen LogP contribution in [0.3, 0.4) is 0 Å². The zero-order valence-electron chi connectivity index (χ0n) is 18.2. The molecule has 1 unspecified atom stereocenters. The second-order valence-corrected chi connectivity index (χ2v) is 8.54. The van der Waals surface area contributed by atoms with Gasteiger partial charge in [0.2, 0.25) is 0 Å². The van der Waals surface area contributed by atoms with E-state index in [1.165, 1.54) is 5.56 Å². The number of carboxylic acids is 1. The van der Waals surface area contributed by atoms with Crippen LogP contribution in [0.15, 0.2) is 72.8 Å². The number of aliphatic carboxylic acids is 1. The van der Waals surface area contributed by atoms with Crippen molar-refractivity contribution < 1.29 is 19.4 Å². The molecule has 3 aromatic carbocycles. The molecular formula is C27H26N2O4. The van der Waals surface area contributed by atoms with Crippen molar-refractivity contribution in [1.29, 1.82) is 0 Å². The third-order valence-electron chi connectivity index (χ3n) is 6.54. The van der Waals surface area contributed by atoms with Crippen LogP contribution in [-0.4, -0.2) is 42.9 Å². The molecule has 6 heteroatoms. The Bertz CT molecular complexity index is 1150. The number of nitrogens with one attached hydrogen (secondary N) is 1. The highest BCUT2D eigenvalue weighted by Gasteiger charge is 2.30. The Hall–Kier alpha value is -3.80. The van der Waals surface area contributed by atoms with Gasteiger partial charge in [-0.25, -0.2) is 9.59 Å². The highest BCUT2D eigenvalue weighted by atomic mass is 16.5. The maximum absolute atomic E-state index is 12.6. The summed E-state index contributed by atoms with van der Waals surface area (Å²) >= 11 is 0. The topological polar surface area (TPSA) is 78.9 Å². The number of ether oxygens (including phenoxy) is 1. The molecule has 1 heterocycles. The molecule has 5 rings (SSSR count). The van der Waals surface area contributed by atoms with Gasteiger partial charge >= 0.3 is 12.1 Å². The summed E-state index contributed by atoms with van der Waals surface area (Å²) in [6, 6.07) is 23.2. The second kappa shape index (κ2) is 8.98. The van der Waals surface area contributed by atoms with Gasteiger partial charge in [0.15, 0.2) is 0 Å². The van der Waals surface area contributed by atoms with Crippen LogP contribution in [0.5, 0.6) is 0 Å². The summed E-state index contributed by atoms with van der Waals surface area (Å²) in [7, 11) is 0. The lowest BCUT2D eigenvalue weighted by atomic mass is 9.98. The van der Waals surface area contributed by atoms with Gasteiger partial charge in [0.05, 0.1) is 0 Å². The zero-order valence-corrected chi connectivity index (χ0v) is 18.2. The number of carboxylic acid groups (broad SMARTS) is 1. The Morgan fingerprint density at radius 1 is 0.970 bits per heavy atom. The zero-order chi connectivity index (χ0) is 22.8. The van der Waals surface area contributed by atoms with E-state index < -0.39 is 18.1 Å². The summed E-state index contributed by atoms with van der Waals surface area (Å²) in [4.78, 5) is 26.6. The minimum absolute atomic E-state index is 0.0691. The van der Waals surface area contributed by atoms with E-state index in [2.05, 4.69) is 35.6 Å². The lowest BCUT2D eigenvalue weighted by Gasteiger charge is -2.33. The van der Waals surface area contributed by atoms with Crippen LogP contribution in [0.2, 0.25) is 0 Å². The van der Waals surface area contributed by atoms with Gasteiger partial charge in [0.1, 0.15) is 12.6 Å². The Morgan fingerprint density at radius 3 is 2.30 bits per heavy atom. The predicted octanol–water partition coefficient (Wildman–Crippen LogP) is 4.43. The summed E-state index contributed by atoms with van der Waals surface area (Å²) in [5, 5.41) is 12.3. The molecule has 0 saturated heterocycles. The van der Waals surface area contributed by atoms with Gasteiger partial charge in [0.25, 0.3) is 0 Å². The molecule has 1 aliphatic heterocycles. The molecule has 3 aromatic rings. The van der Waals surface area contributed by atoms with E-state index in [1.807, 2.05) is 47.4 Å². The van der Waals surface area contributed by atoms with Crippen LogP contribution < -0.4 is 10.2 Å². The summed E-state index contributed by atoms with van der Waals surface area (Å²) in [6.07, 6.45) is 1.22. The third kappa shape index (κ3) is 4.16. The second-order valence-electron chi connectivity index (χ2n) is 8.54. The van der Waals surface area contributed by atoms with E-state index in [-0.39, 0.29) is 19.1 Å². The minimum atomic E-state index is -1.08. The third-order valence-corrected chi connectivity index (χ3v) is 6.54. The Balaban J connectivity index is 1.26. The number of carbonyl (C=O) groups excluding carboxylic acids is 1. The van der Waals surface area contributed by atoms with Crippen molar-refractivity contribution in [3.05, 3.63) is 89.5 Å².